The van der Waals surface area contributed by atoms with Crippen LogP contribution in [-0.2, 0) is 4.79 Å². The lowest BCUT2D eigenvalue weighted by atomic mass is 9.75. The Morgan fingerprint density at radius 2 is 1.73 bits per heavy atom. The first-order valence-corrected chi connectivity index (χ1v) is 9.05. The van der Waals surface area contributed by atoms with Gasteiger partial charge in [0.05, 0.1) is 14.2 Å². The molecule has 1 atom stereocenters. The van der Waals surface area contributed by atoms with E-state index < -0.39 is 0 Å². The first-order valence-electron chi connectivity index (χ1n) is 8.67. The molecule has 0 saturated heterocycles. The molecule has 4 nitrogen and oxygen atoms in total. The summed E-state index contributed by atoms with van der Waals surface area (Å²) in [5.41, 5.74) is 4.89. The largest absolute Gasteiger partial charge is 0.493 e. The highest BCUT2D eigenvalue weighted by Gasteiger charge is 2.35. The minimum absolute atomic E-state index is 0.133. The van der Waals surface area contributed by atoms with E-state index in [2.05, 4.69) is 5.32 Å². The minimum Gasteiger partial charge on any atom is -0.493 e. The summed E-state index contributed by atoms with van der Waals surface area (Å²) < 4.78 is 10.9. The van der Waals surface area contributed by atoms with Crippen LogP contribution in [0.2, 0.25) is 5.02 Å². The standard InChI is InChI=1S/C21H20ClNO3/c1-25-18-10-14-16(11-19(18)26-2)23-15-4-3-5-17(24)21(15)20(14)12-6-8-13(22)9-7-12/h6-11,20,23H,3-5H2,1-2H3. The Balaban J connectivity index is 1.94. The molecule has 1 unspecified atom stereocenters. The fourth-order valence-corrected chi connectivity index (χ4v) is 4.02. The molecule has 2 aromatic rings. The number of methoxy groups -OCH3 is 2. The second-order valence-corrected chi connectivity index (χ2v) is 7.01. The number of carbonyl (C=O) groups is 1. The number of hydrogen-bond acceptors (Lipinski definition) is 4. The summed E-state index contributed by atoms with van der Waals surface area (Å²) in [6, 6.07) is 11.6. The van der Waals surface area contributed by atoms with Gasteiger partial charge in [-0.1, -0.05) is 23.7 Å². The predicted molar refractivity (Wildman–Crippen MR) is 102 cm³/mol. The van der Waals surface area contributed by atoms with Crippen LogP contribution >= 0.6 is 11.6 Å². The van der Waals surface area contributed by atoms with Gasteiger partial charge in [-0.2, -0.15) is 0 Å². The molecule has 0 amide bonds. The fourth-order valence-electron chi connectivity index (χ4n) is 3.89. The number of rotatable bonds is 3. The number of hydrogen-bond donors (Lipinski definition) is 1. The molecule has 26 heavy (non-hydrogen) atoms. The number of anilines is 1. The summed E-state index contributed by atoms with van der Waals surface area (Å²) in [5, 5.41) is 4.14. The third kappa shape index (κ3) is 2.74. The zero-order chi connectivity index (χ0) is 18.3. The van der Waals surface area contributed by atoms with Crippen molar-refractivity contribution in [1.29, 1.82) is 0 Å². The molecule has 1 N–H and O–H groups in total. The molecule has 1 heterocycles. The molecule has 134 valence electrons. The third-order valence-electron chi connectivity index (χ3n) is 5.10. The van der Waals surface area contributed by atoms with Gasteiger partial charge in [-0.15, -0.1) is 0 Å². The number of halogens is 1. The lowest BCUT2D eigenvalue weighted by Gasteiger charge is -2.34. The van der Waals surface area contributed by atoms with Crippen LogP contribution in [0.5, 0.6) is 11.5 Å². The number of ether oxygens (including phenoxy) is 2. The van der Waals surface area contributed by atoms with Crippen molar-refractivity contribution in [3.05, 3.63) is 63.8 Å². The van der Waals surface area contributed by atoms with E-state index in [1.165, 1.54) is 0 Å². The molecule has 2 aromatic carbocycles. The molecule has 2 aliphatic rings. The van der Waals surface area contributed by atoms with E-state index >= 15 is 0 Å². The van der Waals surface area contributed by atoms with Gasteiger partial charge in [-0.05, 0) is 42.2 Å². The van der Waals surface area contributed by atoms with Crippen LogP contribution in [0.1, 0.15) is 36.3 Å². The Morgan fingerprint density at radius 3 is 2.42 bits per heavy atom. The summed E-state index contributed by atoms with van der Waals surface area (Å²) in [5.74, 6) is 1.39. The van der Waals surface area contributed by atoms with Gasteiger partial charge in [-0.25, -0.2) is 0 Å². The molecule has 0 spiro atoms. The van der Waals surface area contributed by atoms with Crippen molar-refractivity contribution in [2.24, 2.45) is 0 Å². The number of fused-ring (bicyclic) bond motifs is 1. The number of Topliss-reactive ketones (excluding diaryl/α,β-unsaturated/α-hetero) is 1. The van der Waals surface area contributed by atoms with Gasteiger partial charge >= 0.3 is 0 Å². The molecule has 0 radical (unpaired) electrons. The van der Waals surface area contributed by atoms with Crippen molar-refractivity contribution < 1.29 is 14.3 Å². The van der Waals surface area contributed by atoms with Crippen molar-refractivity contribution in [3.63, 3.8) is 0 Å². The van der Waals surface area contributed by atoms with Crippen molar-refractivity contribution in [2.45, 2.75) is 25.2 Å². The molecule has 1 aliphatic carbocycles. The third-order valence-corrected chi connectivity index (χ3v) is 5.35. The molecule has 0 aromatic heterocycles. The van der Waals surface area contributed by atoms with Crippen molar-refractivity contribution >= 4 is 23.1 Å². The molecular weight excluding hydrogens is 350 g/mol. The zero-order valence-corrected chi connectivity index (χ0v) is 15.5. The molecule has 5 heteroatoms. The number of allylic oxidation sites excluding steroid dienone is 2. The van der Waals surface area contributed by atoms with Crippen LogP contribution in [0.4, 0.5) is 5.69 Å². The minimum atomic E-state index is -0.133. The van der Waals surface area contributed by atoms with Crippen LogP contribution in [0.25, 0.3) is 0 Å². The Hall–Kier alpha value is -2.46. The first kappa shape index (κ1) is 17.0. The summed E-state index contributed by atoms with van der Waals surface area (Å²) in [6.07, 6.45) is 2.34. The zero-order valence-electron chi connectivity index (χ0n) is 14.8. The Morgan fingerprint density at radius 1 is 1.04 bits per heavy atom. The molecule has 1 aliphatic heterocycles. The van der Waals surface area contributed by atoms with E-state index in [4.69, 9.17) is 21.1 Å². The Kier molecular flexibility index (Phi) is 4.37. The van der Waals surface area contributed by atoms with Crippen LogP contribution in [0.15, 0.2) is 47.7 Å². The molecule has 4 rings (SSSR count). The van der Waals surface area contributed by atoms with Crippen molar-refractivity contribution in [1.82, 2.24) is 0 Å². The van der Waals surface area contributed by atoms with E-state index in [1.807, 2.05) is 36.4 Å². The van der Waals surface area contributed by atoms with Gasteiger partial charge in [0.2, 0.25) is 0 Å². The highest BCUT2D eigenvalue weighted by molar-refractivity contribution is 6.30. The molecule has 0 saturated carbocycles. The topological polar surface area (TPSA) is 47.6 Å². The lowest BCUT2D eigenvalue weighted by molar-refractivity contribution is -0.116. The predicted octanol–water partition coefficient (Wildman–Crippen LogP) is 4.92. The first-order chi connectivity index (χ1) is 12.6. The highest BCUT2D eigenvalue weighted by Crippen LogP contribution is 2.48. The Labute approximate surface area is 157 Å². The normalized spacial score (nSPS) is 18.7. The SMILES string of the molecule is COc1cc2c(cc1OC)C(c1ccc(Cl)cc1)C1=C(CCCC1=O)N2. The Bertz CT molecular complexity index is 902. The van der Waals surface area contributed by atoms with Crippen molar-refractivity contribution in [2.75, 3.05) is 19.5 Å². The number of nitrogens with one attached hydrogen (secondary N) is 1. The summed E-state index contributed by atoms with van der Waals surface area (Å²) >= 11 is 6.08. The number of benzene rings is 2. The van der Waals surface area contributed by atoms with Gasteiger partial charge in [0, 0.05) is 40.4 Å². The van der Waals surface area contributed by atoms with Gasteiger partial charge in [-0.3, -0.25) is 4.79 Å². The molecule has 0 bridgehead atoms. The van der Waals surface area contributed by atoms with Crippen molar-refractivity contribution in [3.8, 4) is 11.5 Å². The van der Waals surface area contributed by atoms with E-state index in [1.54, 1.807) is 14.2 Å². The van der Waals surface area contributed by atoms with Crippen LogP contribution in [-0.4, -0.2) is 20.0 Å². The average molecular weight is 370 g/mol. The fraction of sp³-hybridized carbons (Fsp3) is 0.286. The number of carbonyl (C=O) groups excluding carboxylic acids is 1. The van der Waals surface area contributed by atoms with Crippen LogP contribution < -0.4 is 14.8 Å². The number of ketones is 1. The van der Waals surface area contributed by atoms with Crippen LogP contribution in [0.3, 0.4) is 0 Å². The second kappa shape index (κ2) is 6.69. The van der Waals surface area contributed by atoms with E-state index in [0.29, 0.717) is 22.9 Å². The summed E-state index contributed by atoms with van der Waals surface area (Å²) in [4.78, 5) is 12.8. The molecule has 0 fully saturated rings. The van der Waals surface area contributed by atoms with E-state index in [-0.39, 0.29) is 11.7 Å². The second-order valence-electron chi connectivity index (χ2n) is 6.57. The van der Waals surface area contributed by atoms with Gasteiger partial charge in [0.1, 0.15) is 0 Å². The lowest BCUT2D eigenvalue weighted by Crippen LogP contribution is -2.27. The monoisotopic (exact) mass is 369 g/mol. The maximum atomic E-state index is 12.8. The summed E-state index contributed by atoms with van der Waals surface area (Å²) in [6.45, 7) is 0. The van der Waals surface area contributed by atoms with Crippen LogP contribution in [0, 0.1) is 0 Å². The highest BCUT2D eigenvalue weighted by atomic mass is 35.5. The maximum absolute atomic E-state index is 12.8. The van der Waals surface area contributed by atoms with Gasteiger partial charge < -0.3 is 14.8 Å². The molecular formula is C21H20ClNO3. The van der Waals surface area contributed by atoms with E-state index in [9.17, 15) is 4.79 Å². The quantitative estimate of drug-likeness (QED) is 0.834. The van der Waals surface area contributed by atoms with E-state index in [0.717, 1.165) is 40.9 Å². The van der Waals surface area contributed by atoms with Gasteiger partial charge in [0.15, 0.2) is 17.3 Å². The smallest absolute Gasteiger partial charge is 0.162 e. The maximum Gasteiger partial charge on any atom is 0.162 e. The van der Waals surface area contributed by atoms with Gasteiger partial charge in [0.25, 0.3) is 0 Å². The average Bonchev–Trinajstić information content (AvgIpc) is 2.66. The summed E-state index contributed by atoms with van der Waals surface area (Å²) in [7, 11) is 3.24.